The molecule has 0 spiro atoms. The molecule has 0 aliphatic heterocycles. The monoisotopic (exact) mass is 346 g/mol. The highest BCUT2D eigenvalue weighted by atomic mass is 32.2. The summed E-state index contributed by atoms with van der Waals surface area (Å²) in [5.74, 6) is 0.853. The van der Waals surface area contributed by atoms with E-state index in [0.717, 1.165) is 5.56 Å². The average molecular weight is 346 g/mol. The fourth-order valence-corrected chi connectivity index (χ4v) is 4.25. The predicted octanol–water partition coefficient (Wildman–Crippen LogP) is 3.28. The molecule has 2 aromatic heterocycles. The first-order valence-corrected chi connectivity index (χ1v) is 8.92. The molecule has 126 valence electrons. The lowest BCUT2D eigenvalue weighted by Crippen LogP contribution is -2.30. The maximum Gasteiger partial charge on any atom is 0.249 e. The van der Waals surface area contributed by atoms with Crippen LogP contribution in [0.2, 0.25) is 0 Å². The van der Waals surface area contributed by atoms with Crippen molar-refractivity contribution in [1.82, 2.24) is 9.46 Å². The molecule has 0 aliphatic rings. The number of furan rings is 1. The van der Waals surface area contributed by atoms with E-state index in [1.807, 2.05) is 30.3 Å². The number of hydrogen-bond acceptors (Lipinski definition) is 5. The number of benzene rings is 1. The van der Waals surface area contributed by atoms with Gasteiger partial charge in [0.1, 0.15) is 16.3 Å². The average Bonchev–Trinajstić information content (AvgIpc) is 3.18. The second kappa shape index (κ2) is 6.62. The molecule has 0 radical (unpaired) electrons. The molecule has 6 nitrogen and oxygen atoms in total. The Morgan fingerprint density at radius 2 is 1.79 bits per heavy atom. The van der Waals surface area contributed by atoms with Gasteiger partial charge in [-0.3, -0.25) is 0 Å². The Bertz CT molecular complexity index is 880. The third kappa shape index (κ3) is 3.27. The minimum atomic E-state index is -3.78. The molecule has 1 aromatic carbocycles. The van der Waals surface area contributed by atoms with Crippen LogP contribution < -0.4 is 0 Å². The van der Waals surface area contributed by atoms with E-state index >= 15 is 0 Å². The number of aromatic nitrogens is 1. The molecular formula is C17H18N2O4S. The van der Waals surface area contributed by atoms with Crippen molar-refractivity contribution >= 4 is 10.0 Å². The van der Waals surface area contributed by atoms with Gasteiger partial charge in [0.2, 0.25) is 10.0 Å². The maximum absolute atomic E-state index is 13.1. The van der Waals surface area contributed by atoms with E-state index in [2.05, 4.69) is 5.16 Å². The van der Waals surface area contributed by atoms with Gasteiger partial charge in [0.25, 0.3) is 0 Å². The Morgan fingerprint density at radius 1 is 1.04 bits per heavy atom. The Labute approximate surface area is 140 Å². The predicted molar refractivity (Wildman–Crippen MR) is 87.6 cm³/mol. The summed E-state index contributed by atoms with van der Waals surface area (Å²) in [5, 5.41) is 3.76. The summed E-state index contributed by atoms with van der Waals surface area (Å²) in [4.78, 5) is 0.116. The Kier molecular flexibility index (Phi) is 4.55. The van der Waals surface area contributed by atoms with Crippen molar-refractivity contribution < 1.29 is 17.4 Å². The van der Waals surface area contributed by atoms with Crippen LogP contribution in [0.5, 0.6) is 0 Å². The molecular weight excluding hydrogens is 328 g/mol. The lowest BCUT2D eigenvalue weighted by Gasteiger charge is -2.21. The van der Waals surface area contributed by atoms with Crippen LogP contribution in [-0.4, -0.2) is 17.9 Å². The Hall–Kier alpha value is -2.38. The van der Waals surface area contributed by atoms with Crippen LogP contribution in [0.15, 0.2) is 62.6 Å². The number of hydrogen-bond donors (Lipinski definition) is 0. The quantitative estimate of drug-likeness (QED) is 0.684. The molecule has 0 aliphatic carbocycles. The van der Waals surface area contributed by atoms with Crippen LogP contribution in [0.3, 0.4) is 0 Å². The van der Waals surface area contributed by atoms with Crippen LogP contribution in [0, 0.1) is 13.8 Å². The molecule has 0 amide bonds. The normalized spacial score (nSPS) is 12.0. The van der Waals surface area contributed by atoms with Gasteiger partial charge < -0.3 is 8.94 Å². The van der Waals surface area contributed by atoms with E-state index in [1.165, 1.54) is 10.6 Å². The summed E-state index contributed by atoms with van der Waals surface area (Å²) < 4.78 is 38.0. The van der Waals surface area contributed by atoms with E-state index in [1.54, 1.807) is 26.0 Å². The Balaban J connectivity index is 2.00. The lowest BCUT2D eigenvalue weighted by molar-refractivity contribution is 0.356. The van der Waals surface area contributed by atoms with Crippen LogP contribution in [-0.2, 0) is 23.1 Å². The molecule has 0 atom stereocenters. The molecule has 3 rings (SSSR count). The number of rotatable bonds is 6. The molecule has 0 unspecified atom stereocenters. The molecule has 0 saturated carbocycles. The van der Waals surface area contributed by atoms with Gasteiger partial charge in [-0.2, -0.15) is 4.31 Å². The summed E-state index contributed by atoms with van der Waals surface area (Å²) >= 11 is 0. The topological polar surface area (TPSA) is 76.6 Å². The van der Waals surface area contributed by atoms with Crippen molar-refractivity contribution in [3.8, 4) is 0 Å². The second-order valence-corrected chi connectivity index (χ2v) is 7.37. The zero-order chi connectivity index (χ0) is 17.2. The molecule has 3 aromatic rings. The van der Waals surface area contributed by atoms with Crippen molar-refractivity contribution in [3.63, 3.8) is 0 Å². The van der Waals surface area contributed by atoms with E-state index in [0.29, 0.717) is 11.5 Å². The third-order valence-electron chi connectivity index (χ3n) is 3.68. The van der Waals surface area contributed by atoms with Gasteiger partial charge in [0.05, 0.1) is 12.8 Å². The molecule has 24 heavy (non-hydrogen) atoms. The first-order chi connectivity index (χ1) is 11.5. The fraction of sp³-hybridized carbons (Fsp3) is 0.235. The molecule has 7 heteroatoms. The van der Waals surface area contributed by atoms with Gasteiger partial charge in [-0.1, -0.05) is 35.5 Å². The molecule has 0 saturated heterocycles. The molecule has 0 fully saturated rings. The van der Waals surface area contributed by atoms with Crippen molar-refractivity contribution in [2.75, 3.05) is 0 Å². The van der Waals surface area contributed by atoms with Crippen molar-refractivity contribution in [1.29, 1.82) is 0 Å². The summed E-state index contributed by atoms with van der Waals surface area (Å²) in [6.07, 6.45) is 1.53. The van der Waals surface area contributed by atoms with E-state index < -0.39 is 10.0 Å². The number of sulfonamides is 1. The maximum atomic E-state index is 13.1. The van der Waals surface area contributed by atoms with Crippen LogP contribution in [0.4, 0.5) is 0 Å². The first kappa shape index (κ1) is 16.5. The van der Waals surface area contributed by atoms with E-state index in [9.17, 15) is 8.42 Å². The van der Waals surface area contributed by atoms with Gasteiger partial charge in [-0.05, 0) is 31.5 Å². The number of aryl methyl sites for hydroxylation is 2. The van der Waals surface area contributed by atoms with Gasteiger partial charge in [-0.15, -0.1) is 0 Å². The summed E-state index contributed by atoms with van der Waals surface area (Å²) in [5.41, 5.74) is 1.24. The Morgan fingerprint density at radius 3 is 2.38 bits per heavy atom. The van der Waals surface area contributed by atoms with E-state index in [4.69, 9.17) is 8.94 Å². The standard InChI is InChI=1S/C17H18N2O4S/c1-13-17(14(2)23-18-13)24(20,21)19(12-16-9-6-10-22-16)11-15-7-4-3-5-8-15/h3-10H,11-12H2,1-2H3. The SMILES string of the molecule is Cc1noc(C)c1S(=O)(=O)N(Cc1ccccc1)Cc1ccco1. The second-order valence-electron chi connectivity index (χ2n) is 5.49. The van der Waals surface area contributed by atoms with Crippen molar-refractivity contribution in [2.45, 2.75) is 31.8 Å². The van der Waals surface area contributed by atoms with Gasteiger partial charge in [-0.25, -0.2) is 8.42 Å². The van der Waals surface area contributed by atoms with Crippen molar-refractivity contribution in [2.24, 2.45) is 0 Å². The van der Waals surface area contributed by atoms with E-state index in [-0.39, 0.29) is 23.7 Å². The minimum Gasteiger partial charge on any atom is -0.468 e. The third-order valence-corrected chi connectivity index (χ3v) is 5.72. The summed E-state index contributed by atoms with van der Waals surface area (Å²) in [6.45, 7) is 3.58. The van der Waals surface area contributed by atoms with Crippen LogP contribution in [0.1, 0.15) is 22.8 Å². The largest absolute Gasteiger partial charge is 0.468 e. The minimum absolute atomic E-state index is 0.116. The highest BCUT2D eigenvalue weighted by Crippen LogP contribution is 2.26. The molecule has 0 bridgehead atoms. The van der Waals surface area contributed by atoms with Crippen LogP contribution >= 0.6 is 0 Å². The smallest absolute Gasteiger partial charge is 0.249 e. The van der Waals surface area contributed by atoms with Gasteiger partial charge >= 0.3 is 0 Å². The zero-order valence-electron chi connectivity index (χ0n) is 13.5. The highest BCUT2D eigenvalue weighted by molar-refractivity contribution is 7.89. The summed E-state index contributed by atoms with van der Waals surface area (Å²) in [7, 11) is -3.78. The number of nitrogens with zero attached hydrogens (tertiary/aromatic N) is 2. The highest BCUT2D eigenvalue weighted by Gasteiger charge is 2.31. The zero-order valence-corrected chi connectivity index (χ0v) is 14.3. The van der Waals surface area contributed by atoms with Crippen LogP contribution in [0.25, 0.3) is 0 Å². The van der Waals surface area contributed by atoms with Crippen molar-refractivity contribution in [3.05, 3.63) is 71.5 Å². The fourth-order valence-electron chi connectivity index (χ4n) is 2.56. The first-order valence-electron chi connectivity index (χ1n) is 7.48. The molecule has 0 N–H and O–H groups in total. The molecule has 2 heterocycles. The summed E-state index contributed by atoms with van der Waals surface area (Å²) in [6, 6.07) is 12.9. The van der Waals surface area contributed by atoms with Gasteiger partial charge in [0.15, 0.2) is 5.76 Å². The van der Waals surface area contributed by atoms with Gasteiger partial charge in [0, 0.05) is 6.54 Å². The lowest BCUT2D eigenvalue weighted by atomic mass is 10.2.